The second-order valence-corrected chi connectivity index (χ2v) is 10.3. The van der Waals surface area contributed by atoms with Crippen LogP contribution in [0.4, 0.5) is 4.79 Å². The number of likely N-dealkylation sites (N-methyl/N-ethyl adjacent to an activating group) is 1. The maximum Gasteiger partial charge on any atom is 0.407 e. The number of carbonyl (C=O) groups excluding carboxylic acids is 2. The van der Waals surface area contributed by atoms with E-state index in [-0.39, 0.29) is 24.9 Å². The van der Waals surface area contributed by atoms with Gasteiger partial charge in [-0.05, 0) is 53.5 Å². The number of fused-ring (bicyclic) bond motifs is 3. The van der Waals surface area contributed by atoms with E-state index in [1.807, 2.05) is 24.3 Å². The summed E-state index contributed by atoms with van der Waals surface area (Å²) in [5.41, 5.74) is 3.86. The van der Waals surface area contributed by atoms with Gasteiger partial charge in [-0.25, -0.2) is 9.59 Å². The van der Waals surface area contributed by atoms with E-state index in [1.165, 1.54) is 18.9 Å². The third kappa shape index (κ3) is 4.92. The number of nitrogens with one attached hydrogen (secondary N) is 1. The number of thioether (sulfide) groups is 1. The van der Waals surface area contributed by atoms with Crippen molar-refractivity contribution >= 4 is 29.7 Å². The first kappa shape index (κ1) is 24.1. The Kier molecular flexibility index (Phi) is 7.16. The van der Waals surface area contributed by atoms with Crippen LogP contribution >= 0.6 is 11.8 Å². The fourth-order valence-corrected chi connectivity index (χ4v) is 6.03. The molecule has 1 aliphatic heterocycles. The van der Waals surface area contributed by atoms with Crippen molar-refractivity contribution < 1.29 is 24.2 Å². The van der Waals surface area contributed by atoms with Gasteiger partial charge in [-0.1, -0.05) is 48.5 Å². The van der Waals surface area contributed by atoms with Crippen LogP contribution in [0.2, 0.25) is 0 Å². The third-order valence-electron chi connectivity index (χ3n) is 6.98. The smallest absolute Gasteiger partial charge is 0.407 e. The van der Waals surface area contributed by atoms with Crippen LogP contribution in [0.5, 0.6) is 0 Å². The molecule has 34 heavy (non-hydrogen) atoms. The first-order chi connectivity index (χ1) is 16.3. The summed E-state index contributed by atoms with van der Waals surface area (Å²) in [4.78, 5) is 38.3. The number of nitrogens with zero attached hydrogens (tertiary/aromatic N) is 1. The van der Waals surface area contributed by atoms with Crippen molar-refractivity contribution in [2.45, 2.75) is 43.7 Å². The molecule has 1 heterocycles. The zero-order valence-corrected chi connectivity index (χ0v) is 20.3. The second-order valence-electron chi connectivity index (χ2n) is 9.04. The number of hydrogen-bond acceptors (Lipinski definition) is 5. The molecule has 180 valence electrons. The average Bonchev–Trinajstić information content (AvgIpc) is 3.16. The summed E-state index contributed by atoms with van der Waals surface area (Å²) in [5, 5.41) is 12.2. The Hall–Kier alpha value is -3.00. The van der Waals surface area contributed by atoms with E-state index in [1.54, 1.807) is 11.8 Å². The van der Waals surface area contributed by atoms with Crippen LogP contribution in [0, 0.1) is 0 Å². The van der Waals surface area contributed by atoms with E-state index < -0.39 is 23.6 Å². The molecule has 2 aliphatic rings. The number of carbonyl (C=O) groups is 3. The molecule has 1 atom stereocenters. The number of carboxylic acids is 1. The molecule has 2 amide bonds. The molecule has 0 unspecified atom stereocenters. The molecule has 0 bridgehead atoms. The summed E-state index contributed by atoms with van der Waals surface area (Å²) in [5.74, 6) is 0.221. The zero-order valence-electron chi connectivity index (χ0n) is 19.5. The van der Waals surface area contributed by atoms with Crippen LogP contribution < -0.4 is 5.32 Å². The number of amides is 2. The van der Waals surface area contributed by atoms with E-state index in [9.17, 15) is 19.5 Å². The Balaban J connectivity index is 1.44. The Morgan fingerprint density at radius 3 is 2.21 bits per heavy atom. The van der Waals surface area contributed by atoms with Crippen molar-refractivity contribution in [1.29, 1.82) is 0 Å². The Morgan fingerprint density at radius 1 is 1.09 bits per heavy atom. The summed E-state index contributed by atoms with van der Waals surface area (Å²) in [6, 6.07) is 15.4. The SMILES string of the molecule is C[C@@H](C(=O)O)N(C)C(=O)CC1(NC(=O)OCC2c3ccccc3-c3ccccc32)CCSCC1. The van der Waals surface area contributed by atoms with Gasteiger partial charge in [-0.3, -0.25) is 4.79 Å². The molecule has 7 nitrogen and oxygen atoms in total. The van der Waals surface area contributed by atoms with Crippen LogP contribution in [0.3, 0.4) is 0 Å². The van der Waals surface area contributed by atoms with Gasteiger partial charge in [-0.15, -0.1) is 0 Å². The Labute approximate surface area is 203 Å². The summed E-state index contributed by atoms with van der Waals surface area (Å²) >= 11 is 1.78. The van der Waals surface area contributed by atoms with Crippen molar-refractivity contribution in [2.75, 3.05) is 25.2 Å². The van der Waals surface area contributed by atoms with Gasteiger partial charge in [-0.2, -0.15) is 11.8 Å². The van der Waals surface area contributed by atoms with Crippen molar-refractivity contribution in [2.24, 2.45) is 0 Å². The van der Waals surface area contributed by atoms with Gasteiger partial charge >= 0.3 is 12.1 Å². The largest absolute Gasteiger partial charge is 0.480 e. The van der Waals surface area contributed by atoms with E-state index >= 15 is 0 Å². The van der Waals surface area contributed by atoms with Crippen molar-refractivity contribution in [3.8, 4) is 11.1 Å². The summed E-state index contributed by atoms with van der Waals surface area (Å²) in [7, 11) is 1.49. The van der Waals surface area contributed by atoms with Gasteiger partial charge < -0.3 is 20.1 Å². The standard InChI is InChI=1S/C26H30N2O5S/c1-17(24(30)31)28(2)23(29)15-26(11-13-34-14-12-26)27-25(32)33-16-22-20-9-5-3-7-18(20)19-8-4-6-10-21(19)22/h3-10,17,22H,11-16H2,1-2H3,(H,27,32)(H,30,31)/t17-/m0/s1. The Morgan fingerprint density at radius 2 is 1.65 bits per heavy atom. The maximum atomic E-state index is 12.9. The molecule has 1 aliphatic carbocycles. The first-order valence-electron chi connectivity index (χ1n) is 11.5. The highest BCUT2D eigenvalue weighted by molar-refractivity contribution is 7.99. The van der Waals surface area contributed by atoms with Gasteiger partial charge in [0.25, 0.3) is 0 Å². The molecule has 0 radical (unpaired) electrons. The maximum absolute atomic E-state index is 12.9. The Bertz CT molecular complexity index is 1040. The first-order valence-corrected chi connectivity index (χ1v) is 12.7. The van der Waals surface area contributed by atoms with Crippen LogP contribution in [0.1, 0.15) is 43.2 Å². The van der Waals surface area contributed by atoms with E-state index in [0.29, 0.717) is 12.8 Å². The van der Waals surface area contributed by atoms with Crippen LogP contribution in [-0.2, 0) is 14.3 Å². The minimum Gasteiger partial charge on any atom is -0.480 e. The molecule has 4 rings (SSSR count). The number of alkyl carbamates (subject to hydrolysis) is 1. The minimum absolute atomic E-state index is 0.0415. The quantitative estimate of drug-likeness (QED) is 0.617. The fourth-order valence-electron chi connectivity index (χ4n) is 4.75. The zero-order chi connectivity index (χ0) is 24.3. The molecule has 2 aromatic rings. The van der Waals surface area contributed by atoms with Gasteiger partial charge in [0.05, 0.1) is 12.0 Å². The number of benzene rings is 2. The second kappa shape index (κ2) is 10.1. The summed E-state index contributed by atoms with van der Waals surface area (Å²) in [6.07, 6.45) is 0.757. The number of rotatable bonds is 7. The number of aliphatic carboxylic acids is 1. The van der Waals surface area contributed by atoms with Crippen LogP contribution in [0.25, 0.3) is 11.1 Å². The topological polar surface area (TPSA) is 95.9 Å². The third-order valence-corrected chi connectivity index (χ3v) is 7.97. The molecule has 0 spiro atoms. The predicted octanol–water partition coefficient (Wildman–Crippen LogP) is 4.11. The lowest BCUT2D eigenvalue weighted by Crippen LogP contribution is -2.54. The summed E-state index contributed by atoms with van der Waals surface area (Å²) < 4.78 is 5.72. The van der Waals surface area contributed by atoms with Crippen LogP contribution in [-0.4, -0.2) is 64.7 Å². The lowest BCUT2D eigenvalue weighted by atomic mass is 9.87. The molecular formula is C26H30N2O5S. The molecule has 0 saturated carbocycles. The van der Waals surface area contributed by atoms with Crippen molar-refractivity contribution in [1.82, 2.24) is 10.2 Å². The summed E-state index contributed by atoms with van der Waals surface area (Å²) in [6.45, 7) is 1.68. The number of carboxylic acid groups (broad SMARTS) is 1. The molecule has 1 saturated heterocycles. The molecule has 8 heteroatoms. The molecule has 2 aromatic carbocycles. The normalized spacial score (nSPS) is 17.2. The molecule has 2 N–H and O–H groups in total. The number of hydrogen-bond donors (Lipinski definition) is 2. The lowest BCUT2D eigenvalue weighted by Gasteiger charge is -2.38. The predicted molar refractivity (Wildman–Crippen MR) is 132 cm³/mol. The van der Waals surface area contributed by atoms with Gasteiger partial charge in [0, 0.05) is 13.0 Å². The lowest BCUT2D eigenvalue weighted by molar-refractivity contribution is -0.148. The van der Waals surface area contributed by atoms with Gasteiger partial charge in [0.2, 0.25) is 5.91 Å². The van der Waals surface area contributed by atoms with Gasteiger partial charge in [0.15, 0.2) is 0 Å². The molecule has 1 fully saturated rings. The van der Waals surface area contributed by atoms with Crippen molar-refractivity contribution in [3.05, 3.63) is 59.7 Å². The highest BCUT2D eigenvalue weighted by atomic mass is 32.2. The molecular weight excluding hydrogens is 452 g/mol. The van der Waals surface area contributed by atoms with E-state index in [2.05, 4.69) is 29.6 Å². The van der Waals surface area contributed by atoms with E-state index in [0.717, 1.165) is 33.8 Å². The van der Waals surface area contributed by atoms with Gasteiger partial charge in [0.1, 0.15) is 12.6 Å². The van der Waals surface area contributed by atoms with E-state index in [4.69, 9.17) is 4.74 Å². The van der Waals surface area contributed by atoms with Crippen LogP contribution in [0.15, 0.2) is 48.5 Å². The number of ether oxygens (including phenoxy) is 1. The monoisotopic (exact) mass is 482 g/mol. The fraction of sp³-hybridized carbons (Fsp3) is 0.423. The highest BCUT2D eigenvalue weighted by Gasteiger charge is 2.39. The highest BCUT2D eigenvalue weighted by Crippen LogP contribution is 2.44. The molecule has 0 aromatic heterocycles. The average molecular weight is 483 g/mol. The van der Waals surface area contributed by atoms with Crippen molar-refractivity contribution in [3.63, 3.8) is 0 Å². The minimum atomic E-state index is -1.06.